The lowest BCUT2D eigenvalue weighted by molar-refractivity contribution is -0.136. The maximum absolute atomic E-state index is 12.7. The molecule has 1 saturated heterocycles. The third-order valence-corrected chi connectivity index (χ3v) is 4.82. The summed E-state index contributed by atoms with van der Waals surface area (Å²) in [5.41, 5.74) is 2.31. The van der Waals surface area contributed by atoms with Crippen molar-refractivity contribution in [2.45, 2.75) is 25.4 Å². The second-order valence-corrected chi connectivity index (χ2v) is 6.59. The number of nitrogens with zero attached hydrogens (tertiary/aromatic N) is 1. The number of fused-ring (bicyclic) bond motifs is 1. The van der Waals surface area contributed by atoms with Crippen LogP contribution in [0.4, 0.5) is 5.69 Å². The average Bonchev–Trinajstić information content (AvgIpc) is 2.98. The summed E-state index contributed by atoms with van der Waals surface area (Å²) in [5.74, 6) is -1.29. The number of anilines is 1. The fourth-order valence-corrected chi connectivity index (χ4v) is 3.44. The van der Waals surface area contributed by atoms with E-state index >= 15 is 0 Å². The highest BCUT2D eigenvalue weighted by molar-refractivity contribution is 6.08. The highest BCUT2D eigenvalue weighted by atomic mass is 16.2. The van der Waals surface area contributed by atoms with Gasteiger partial charge in [-0.1, -0.05) is 18.2 Å². The zero-order valence-corrected chi connectivity index (χ0v) is 14.4. The molecule has 1 atom stereocenters. The molecule has 0 spiro atoms. The van der Waals surface area contributed by atoms with E-state index in [-0.39, 0.29) is 30.7 Å². The fraction of sp³-hybridized carbons (Fsp3) is 0.200. The van der Waals surface area contributed by atoms with Gasteiger partial charge in [-0.15, -0.1) is 0 Å². The fourth-order valence-electron chi connectivity index (χ4n) is 3.44. The van der Waals surface area contributed by atoms with Crippen LogP contribution < -0.4 is 10.6 Å². The van der Waals surface area contributed by atoms with Crippen LogP contribution in [0.2, 0.25) is 0 Å². The van der Waals surface area contributed by atoms with Gasteiger partial charge < -0.3 is 10.2 Å². The molecule has 4 amide bonds. The van der Waals surface area contributed by atoms with E-state index < -0.39 is 11.9 Å². The first-order valence-electron chi connectivity index (χ1n) is 8.67. The lowest BCUT2D eigenvalue weighted by Gasteiger charge is -2.29. The predicted octanol–water partition coefficient (Wildman–Crippen LogP) is 1.70. The molecule has 7 heteroatoms. The molecular weight excluding hydrogens is 346 g/mol. The van der Waals surface area contributed by atoms with Gasteiger partial charge in [0, 0.05) is 29.8 Å². The molecule has 0 saturated carbocycles. The highest BCUT2D eigenvalue weighted by Gasteiger charge is 2.39. The molecule has 2 heterocycles. The van der Waals surface area contributed by atoms with Crippen LogP contribution in [-0.2, 0) is 16.1 Å². The Bertz CT molecular complexity index is 955. The summed E-state index contributed by atoms with van der Waals surface area (Å²) in [6, 6.07) is 13.3. The van der Waals surface area contributed by atoms with Crippen molar-refractivity contribution in [3.8, 4) is 0 Å². The summed E-state index contributed by atoms with van der Waals surface area (Å²) >= 11 is 0. The smallest absolute Gasteiger partial charge is 0.255 e. The summed E-state index contributed by atoms with van der Waals surface area (Å²) < 4.78 is 0. The molecule has 0 aromatic heterocycles. The quantitative estimate of drug-likeness (QED) is 0.812. The average molecular weight is 363 g/mol. The van der Waals surface area contributed by atoms with E-state index in [0.717, 1.165) is 0 Å². The van der Waals surface area contributed by atoms with Crippen molar-refractivity contribution in [1.29, 1.82) is 0 Å². The lowest BCUT2D eigenvalue weighted by Crippen LogP contribution is -2.52. The molecule has 2 aliphatic rings. The van der Waals surface area contributed by atoms with E-state index in [1.807, 2.05) is 18.2 Å². The van der Waals surface area contributed by atoms with E-state index in [4.69, 9.17) is 0 Å². The third-order valence-electron chi connectivity index (χ3n) is 4.82. The minimum Gasteiger partial charge on any atom is -0.322 e. The Morgan fingerprint density at radius 1 is 1.07 bits per heavy atom. The molecule has 2 aromatic rings. The number of para-hydroxylation sites is 1. The number of nitrogens with one attached hydrogen (secondary N) is 2. The van der Waals surface area contributed by atoms with Crippen LogP contribution in [0.15, 0.2) is 48.5 Å². The monoisotopic (exact) mass is 363 g/mol. The molecule has 2 N–H and O–H groups in total. The maximum Gasteiger partial charge on any atom is 0.255 e. The standard InChI is InChI=1S/C20H17N3O4/c24-17-9-8-16(19(26)22-17)23-11-13-10-12(6-7-15(13)20(23)27)18(25)21-14-4-2-1-3-5-14/h1-7,10,16H,8-9,11H2,(H,21,25)(H,22,24,26). The van der Waals surface area contributed by atoms with Crippen LogP contribution in [0.3, 0.4) is 0 Å². The molecule has 4 rings (SSSR count). The topological polar surface area (TPSA) is 95.6 Å². The van der Waals surface area contributed by atoms with Crippen LogP contribution in [0.25, 0.3) is 0 Å². The van der Waals surface area contributed by atoms with Crippen LogP contribution in [-0.4, -0.2) is 34.6 Å². The minimum atomic E-state index is -0.663. The molecule has 1 unspecified atom stereocenters. The number of benzene rings is 2. The maximum atomic E-state index is 12.7. The number of amides is 4. The summed E-state index contributed by atoms with van der Waals surface area (Å²) in [4.78, 5) is 50.0. The minimum absolute atomic E-state index is 0.210. The SMILES string of the molecule is O=C1CCC(N2Cc3cc(C(=O)Nc4ccccc4)ccc3C2=O)C(=O)N1. The number of hydrogen-bond donors (Lipinski definition) is 2. The molecule has 0 bridgehead atoms. The first-order chi connectivity index (χ1) is 13.0. The van der Waals surface area contributed by atoms with Crippen molar-refractivity contribution in [2.24, 2.45) is 0 Å². The van der Waals surface area contributed by atoms with Gasteiger partial charge in [-0.2, -0.15) is 0 Å². The van der Waals surface area contributed by atoms with Gasteiger partial charge in [0.15, 0.2) is 0 Å². The van der Waals surface area contributed by atoms with E-state index in [2.05, 4.69) is 10.6 Å². The summed E-state index contributed by atoms with van der Waals surface area (Å²) in [5, 5.41) is 5.08. The number of rotatable bonds is 3. The van der Waals surface area contributed by atoms with Gasteiger partial charge in [0.1, 0.15) is 6.04 Å². The van der Waals surface area contributed by atoms with E-state index in [0.29, 0.717) is 28.8 Å². The van der Waals surface area contributed by atoms with Crippen LogP contribution in [0.1, 0.15) is 39.1 Å². The molecule has 2 aliphatic heterocycles. The molecule has 7 nitrogen and oxygen atoms in total. The molecule has 136 valence electrons. The van der Waals surface area contributed by atoms with Crippen molar-refractivity contribution in [3.05, 3.63) is 65.2 Å². The second kappa shape index (κ2) is 6.68. The second-order valence-electron chi connectivity index (χ2n) is 6.59. The van der Waals surface area contributed by atoms with Gasteiger partial charge in [-0.05, 0) is 42.3 Å². The van der Waals surface area contributed by atoms with Gasteiger partial charge >= 0.3 is 0 Å². The molecule has 1 fully saturated rings. The summed E-state index contributed by atoms with van der Waals surface area (Å²) in [6.45, 7) is 0.243. The van der Waals surface area contributed by atoms with Gasteiger partial charge in [-0.25, -0.2) is 0 Å². The van der Waals surface area contributed by atoms with Crippen LogP contribution in [0, 0.1) is 0 Å². The lowest BCUT2D eigenvalue weighted by atomic mass is 10.0. The van der Waals surface area contributed by atoms with Crippen molar-refractivity contribution < 1.29 is 19.2 Å². The van der Waals surface area contributed by atoms with Gasteiger partial charge in [-0.3, -0.25) is 24.5 Å². The Kier molecular flexibility index (Phi) is 4.19. The molecule has 27 heavy (non-hydrogen) atoms. The Balaban J connectivity index is 1.53. The van der Waals surface area contributed by atoms with Crippen molar-refractivity contribution in [1.82, 2.24) is 10.2 Å². The van der Waals surface area contributed by atoms with E-state index in [1.165, 1.54) is 4.90 Å². The number of hydrogen-bond acceptors (Lipinski definition) is 4. The summed E-state index contributed by atoms with van der Waals surface area (Å²) in [6.07, 6.45) is 0.521. The first kappa shape index (κ1) is 17.0. The molecule has 0 aliphatic carbocycles. The van der Waals surface area contributed by atoms with E-state index in [9.17, 15) is 19.2 Å². The molecule has 0 radical (unpaired) electrons. The number of imide groups is 1. The Morgan fingerprint density at radius 3 is 2.59 bits per heavy atom. The van der Waals surface area contributed by atoms with Crippen molar-refractivity contribution in [2.75, 3.05) is 5.32 Å². The Hall–Kier alpha value is -3.48. The normalized spacial score (nSPS) is 18.9. The van der Waals surface area contributed by atoms with E-state index in [1.54, 1.807) is 30.3 Å². The summed E-state index contributed by atoms with van der Waals surface area (Å²) in [7, 11) is 0. The van der Waals surface area contributed by atoms with Gasteiger partial charge in [0.25, 0.3) is 11.8 Å². The Labute approximate surface area is 155 Å². The predicted molar refractivity (Wildman–Crippen MR) is 96.9 cm³/mol. The zero-order valence-electron chi connectivity index (χ0n) is 14.4. The number of piperidine rings is 1. The number of carbonyl (C=O) groups excluding carboxylic acids is 4. The molecule has 2 aromatic carbocycles. The zero-order chi connectivity index (χ0) is 19.0. The van der Waals surface area contributed by atoms with Crippen LogP contribution >= 0.6 is 0 Å². The highest BCUT2D eigenvalue weighted by Crippen LogP contribution is 2.28. The van der Waals surface area contributed by atoms with Crippen LogP contribution in [0.5, 0.6) is 0 Å². The van der Waals surface area contributed by atoms with Crippen molar-refractivity contribution in [3.63, 3.8) is 0 Å². The first-order valence-corrected chi connectivity index (χ1v) is 8.67. The third kappa shape index (κ3) is 3.19. The molecular formula is C20H17N3O4. The van der Waals surface area contributed by atoms with Crippen molar-refractivity contribution >= 4 is 29.3 Å². The Morgan fingerprint density at radius 2 is 1.85 bits per heavy atom. The number of carbonyl (C=O) groups is 4. The van der Waals surface area contributed by atoms with Gasteiger partial charge in [0.2, 0.25) is 11.8 Å². The van der Waals surface area contributed by atoms with Gasteiger partial charge in [0.05, 0.1) is 0 Å². The largest absolute Gasteiger partial charge is 0.322 e.